The lowest BCUT2D eigenvalue weighted by atomic mass is 10.2. The van der Waals surface area contributed by atoms with Crippen molar-refractivity contribution >= 4 is 29.2 Å². The van der Waals surface area contributed by atoms with E-state index < -0.39 is 22.5 Å². The zero-order chi connectivity index (χ0) is 13.3. The van der Waals surface area contributed by atoms with Crippen LogP contribution in [0.1, 0.15) is 10.4 Å². The van der Waals surface area contributed by atoms with Crippen LogP contribution in [-0.2, 0) is 0 Å². The lowest BCUT2D eigenvalue weighted by Crippen LogP contribution is -2.34. The molecule has 0 aromatic carbocycles. The van der Waals surface area contributed by atoms with Gasteiger partial charge < -0.3 is 5.32 Å². The number of carbonyl (C=O) groups is 2. The van der Waals surface area contributed by atoms with Crippen molar-refractivity contribution in [2.45, 2.75) is 0 Å². The molecule has 0 radical (unpaired) electrons. The second-order valence-corrected chi connectivity index (χ2v) is 3.80. The van der Waals surface area contributed by atoms with Crippen molar-refractivity contribution < 1.29 is 14.5 Å². The maximum Gasteiger partial charge on any atom is 0.324 e. The van der Waals surface area contributed by atoms with Crippen molar-refractivity contribution in [2.75, 3.05) is 13.1 Å². The van der Waals surface area contributed by atoms with Gasteiger partial charge in [0.05, 0.1) is 4.92 Å². The molecule has 1 N–H and O–H groups in total. The number of aromatic nitrogens is 1. The number of pyridine rings is 1. The highest BCUT2D eigenvalue weighted by molar-refractivity contribution is 6.32. The molecule has 0 saturated carbocycles. The molecular formula is C9H7ClN4O4. The molecule has 1 aliphatic heterocycles. The van der Waals surface area contributed by atoms with E-state index in [1.807, 2.05) is 0 Å². The molecule has 0 bridgehead atoms. The maximum atomic E-state index is 12.0. The van der Waals surface area contributed by atoms with Gasteiger partial charge in [0.2, 0.25) is 5.15 Å². The number of nitrogens with zero attached hydrogens (tertiary/aromatic N) is 3. The van der Waals surface area contributed by atoms with Gasteiger partial charge in [-0.3, -0.25) is 19.8 Å². The third-order valence-corrected chi connectivity index (χ3v) is 2.67. The molecular weight excluding hydrogens is 264 g/mol. The first kappa shape index (κ1) is 12.2. The Balaban J connectivity index is 2.45. The minimum atomic E-state index is -0.795. The van der Waals surface area contributed by atoms with Crippen molar-refractivity contribution in [3.63, 3.8) is 0 Å². The van der Waals surface area contributed by atoms with E-state index in [1.54, 1.807) is 0 Å². The average molecular weight is 271 g/mol. The van der Waals surface area contributed by atoms with Crippen LogP contribution in [0.4, 0.5) is 10.5 Å². The molecule has 1 aromatic rings. The molecule has 18 heavy (non-hydrogen) atoms. The molecule has 0 spiro atoms. The zero-order valence-electron chi connectivity index (χ0n) is 8.92. The van der Waals surface area contributed by atoms with Crippen LogP contribution in [0.5, 0.6) is 0 Å². The number of hydrogen-bond acceptors (Lipinski definition) is 5. The minimum Gasteiger partial charge on any atom is -0.336 e. The fraction of sp³-hybridized carbons (Fsp3) is 0.222. The molecule has 94 valence electrons. The summed E-state index contributed by atoms with van der Waals surface area (Å²) < 4.78 is 0. The van der Waals surface area contributed by atoms with Crippen LogP contribution in [0.25, 0.3) is 0 Å². The molecule has 1 aromatic heterocycles. The van der Waals surface area contributed by atoms with Gasteiger partial charge in [-0.2, -0.15) is 0 Å². The Morgan fingerprint density at radius 3 is 2.89 bits per heavy atom. The van der Waals surface area contributed by atoms with Crippen molar-refractivity contribution in [2.24, 2.45) is 0 Å². The monoisotopic (exact) mass is 270 g/mol. The molecule has 2 heterocycles. The summed E-state index contributed by atoms with van der Waals surface area (Å²) in [5.74, 6) is -0.763. The number of imide groups is 1. The highest BCUT2D eigenvalue weighted by atomic mass is 35.5. The van der Waals surface area contributed by atoms with Gasteiger partial charge in [0.25, 0.3) is 5.91 Å². The van der Waals surface area contributed by atoms with Crippen LogP contribution in [0, 0.1) is 10.1 Å². The topological polar surface area (TPSA) is 105 Å². The number of halogens is 1. The number of hydrogen-bond donors (Lipinski definition) is 1. The van der Waals surface area contributed by atoms with Gasteiger partial charge in [0, 0.05) is 19.3 Å². The van der Waals surface area contributed by atoms with Crippen LogP contribution < -0.4 is 5.32 Å². The fourth-order valence-corrected chi connectivity index (χ4v) is 1.81. The summed E-state index contributed by atoms with van der Waals surface area (Å²) >= 11 is 5.59. The predicted octanol–water partition coefficient (Wildman–Crippen LogP) is 0.809. The molecule has 1 aliphatic rings. The predicted molar refractivity (Wildman–Crippen MR) is 60.3 cm³/mol. The van der Waals surface area contributed by atoms with E-state index in [0.717, 1.165) is 11.0 Å². The van der Waals surface area contributed by atoms with E-state index in [2.05, 4.69) is 10.3 Å². The third-order valence-electron chi connectivity index (χ3n) is 2.39. The molecule has 0 aliphatic carbocycles. The summed E-state index contributed by atoms with van der Waals surface area (Å²) in [4.78, 5) is 37.8. The quantitative estimate of drug-likeness (QED) is 0.486. The molecule has 1 fully saturated rings. The van der Waals surface area contributed by atoms with E-state index in [-0.39, 0.29) is 17.3 Å². The van der Waals surface area contributed by atoms with Crippen molar-refractivity contribution in [1.82, 2.24) is 15.2 Å². The van der Waals surface area contributed by atoms with Gasteiger partial charge in [-0.05, 0) is 6.07 Å². The average Bonchev–Trinajstić information content (AvgIpc) is 2.73. The highest BCUT2D eigenvalue weighted by Crippen LogP contribution is 2.27. The summed E-state index contributed by atoms with van der Waals surface area (Å²) in [5, 5.41) is 12.9. The normalized spacial score (nSPS) is 14.5. The molecule has 8 nitrogen and oxygen atoms in total. The summed E-state index contributed by atoms with van der Waals surface area (Å²) in [6.07, 6.45) is 1.18. The van der Waals surface area contributed by atoms with Crippen LogP contribution in [0.15, 0.2) is 12.3 Å². The Morgan fingerprint density at radius 1 is 1.61 bits per heavy atom. The highest BCUT2D eigenvalue weighted by Gasteiger charge is 2.33. The van der Waals surface area contributed by atoms with Crippen molar-refractivity contribution in [3.05, 3.63) is 33.1 Å². The summed E-state index contributed by atoms with van der Waals surface area (Å²) in [7, 11) is 0. The number of carbonyl (C=O) groups excluding carboxylic acids is 2. The Labute approximate surface area is 106 Å². The molecule has 1 saturated heterocycles. The number of amides is 3. The molecule has 0 unspecified atom stereocenters. The largest absolute Gasteiger partial charge is 0.336 e. The Morgan fingerprint density at radius 2 is 2.33 bits per heavy atom. The second kappa shape index (κ2) is 4.57. The van der Waals surface area contributed by atoms with Gasteiger partial charge in [-0.1, -0.05) is 11.6 Å². The van der Waals surface area contributed by atoms with Gasteiger partial charge in [-0.25, -0.2) is 9.78 Å². The number of urea groups is 1. The first-order valence-electron chi connectivity index (χ1n) is 4.91. The van der Waals surface area contributed by atoms with E-state index in [0.29, 0.717) is 6.54 Å². The Bertz CT molecular complexity index is 547. The van der Waals surface area contributed by atoms with E-state index in [9.17, 15) is 19.7 Å². The van der Waals surface area contributed by atoms with Crippen molar-refractivity contribution in [3.8, 4) is 0 Å². The smallest absolute Gasteiger partial charge is 0.324 e. The van der Waals surface area contributed by atoms with Gasteiger partial charge >= 0.3 is 11.7 Å². The van der Waals surface area contributed by atoms with Crippen LogP contribution >= 0.6 is 11.6 Å². The molecule has 2 rings (SSSR count). The molecule has 9 heteroatoms. The lowest BCUT2D eigenvalue weighted by molar-refractivity contribution is -0.385. The number of nitro groups is 1. The molecule has 3 amide bonds. The van der Waals surface area contributed by atoms with E-state index >= 15 is 0 Å². The lowest BCUT2D eigenvalue weighted by Gasteiger charge is -2.12. The zero-order valence-corrected chi connectivity index (χ0v) is 9.68. The first-order valence-corrected chi connectivity index (χ1v) is 5.28. The first-order chi connectivity index (χ1) is 8.52. The fourth-order valence-electron chi connectivity index (χ4n) is 1.59. The minimum absolute atomic E-state index is 0.161. The standard InChI is InChI=1S/C9H7ClN4O4/c10-7-6(14(17)18)5(1-2-11-7)8(15)13-4-3-12-9(13)16/h1-2H,3-4H2,(H,12,16). The van der Waals surface area contributed by atoms with Gasteiger partial charge in [0.1, 0.15) is 5.56 Å². The summed E-state index contributed by atoms with van der Waals surface area (Å²) in [5.41, 5.74) is -0.846. The van der Waals surface area contributed by atoms with Crippen molar-refractivity contribution in [1.29, 1.82) is 0 Å². The SMILES string of the molecule is O=C1NCCN1C(=O)c1ccnc(Cl)c1[N+](=O)[O-]. The van der Waals surface area contributed by atoms with Gasteiger partial charge in [-0.15, -0.1) is 0 Å². The Hall–Kier alpha value is -2.22. The van der Waals surface area contributed by atoms with Gasteiger partial charge in [0.15, 0.2) is 0 Å². The Kier molecular flexibility index (Phi) is 3.11. The molecule has 0 atom stereocenters. The third kappa shape index (κ3) is 1.97. The van der Waals surface area contributed by atoms with Crippen LogP contribution in [0.3, 0.4) is 0 Å². The maximum absolute atomic E-state index is 12.0. The summed E-state index contributed by atoms with van der Waals surface area (Å²) in [6.45, 7) is 0.478. The number of nitrogens with one attached hydrogen (secondary N) is 1. The van der Waals surface area contributed by atoms with Crippen LogP contribution in [0.2, 0.25) is 5.15 Å². The number of rotatable bonds is 2. The van der Waals surface area contributed by atoms with E-state index in [1.165, 1.54) is 6.20 Å². The van der Waals surface area contributed by atoms with Crippen LogP contribution in [-0.4, -0.2) is 39.8 Å². The summed E-state index contributed by atoms with van der Waals surface area (Å²) in [6, 6.07) is 0.583. The second-order valence-electron chi connectivity index (χ2n) is 3.44. The van der Waals surface area contributed by atoms with E-state index in [4.69, 9.17) is 11.6 Å².